The molecule has 0 heterocycles. The Morgan fingerprint density at radius 3 is 0.970 bits per heavy atom. The number of hydrogen-bond donors (Lipinski definition) is 2. The van der Waals surface area contributed by atoms with Gasteiger partial charge in [0.05, 0.1) is 0 Å². The predicted octanol–water partition coefficient (Wildman–Crippen LogP) is 12.6. The molecular weight excluding hydrogens is 963 g/mol. The molecule has 0 aliphatic heterocycles. The molecule has 320 valence electrons. The van der Waals surface area contributed by atoms with Crippen molar-refractivity contribution in [2.45, 2.75) is 0 Å². The molecule has 0 radical (unpaired) electrons. The summed E-state index contributed by atoms with van der Waals surface area (Å²) in [5, 5.41) is 24.6. The highest BCUT2D eigenvalue weighted by atomic mass is 79.9. The van der Waals surface area contributed by atoms with Crippen LogP contribution in [0.25, 0.3) is 54.6 Å². The van der Waals surface area contributed by atoms with E-state index in [1.165, 1.54) is 10.8 Å². The molecule has 12 rings (SSSR count). The van der Waals surface area contributed by atoms with E-state index in [-0.39, 0.29) is 23.1 Å². The summed E-state index contributed by atoms with van der Waals surface area (Å²) in [6.45, 7) is 0. The molecule has 0 aromatic heterocycles. The third kappa shape index (κ3) is 8.50. The maximum Gasteiger partial charge on any atom is 0.488 e. The van der Waals surface area contributed by atoms with Gasteiger partial charge < -0.3 is 10.0 Å². The first-order chi connectivity index (χ1) is 32.5. The van der Waals surface area contributed by atoms with Gasteiger partial charge >= 0.3 is 7.12 Å². The van der Waals surface area contributed by atoms with Crippen LogP contribution in [0.2, 0.25) is 0 Å². The van der Waals surface area contributed by atoms with Gasteiger partial charge in [-0.05, 0) is 133 Å². The fraction of sp³-hybridized carbons (Fsp3) is 0. The fourth-order valence-corrected chi connectivity index (χ4v) is 9.43. The fourth-order valence-electron chi connectivity index (χ4n) is 8.71. The quantitative estimate of drug-likeness (QED) is 0.171. The number of carbonyl (C=O) groups is 4. The SMILES string of the molecule is O=C1c2ccc(-c3ccc4ccccc4c3)cc2C(=O)c2ccc(-c3ccc4ccccc4c3)cc21.O=C1c2ccc(Br)cc2C(=O)c2ccc(Br)cc21.OB(O)c1ccc2ccccc2c1. The van der Waals surface area contributed by atoms with Gasteiger partial charge in [-0.3, -0.25) is 19.2 Å². The van der Waals surface area contributed by atoms with Crippen LogP contribution in [0.1, 0.15) is 63.7 Å². The molecule has 6 nitrogen and oxygen atoms in total. The number of fused-ring (bicyclic) bond motifs is 7. The van der Waals surface area contributed by atoms with E-state index in [9.17, 15) is 19.2 Å². The van der Waals surface area contributed by atoms with Gasteiger partial charge in [0.25, 0.3) is 0 Å². The number of benzene rings is 10. The maximum absolute atomic E-state index is 13.5. The molecule has 2 aliphatic carbocycles. The molecule has 10 aromatic carbocycles. The molecule has 9 heteroatoms. The molecule has 2 aliphatic rings. The Labute approximate surface area is 402 Å². The summed E-state index contributed by atoms with van der Waals surface area (Å²) in [5.41, 5.74) is 8.15. The summed E-state index contributed by atoms with van der Waals surface area (Å²) in [6.07, 6.45) is 0. The zero-order valence-corrected chi connectivity index (χ0v) is 38.6. The van der Waals surface area contributed by atoms with E-state index < -0.39 is 7.12 Å². The average Bonchev–Trinajstić information content (AvgIpc) is 3.36. The van der Waals surface area contributed by atoms with E-state index in [4.69, 9.17) is 10.0 Å². The van der Waals surface area contributed by atoms with E-state index in [1.54, 1.807) is 60.7 Å². The summed E-state index contributed by atoms with van der Waals surface area (Å²) in [7, 11) is -1.38. The predicted molar refractivity (Wildman–Crippen MR) is 275 cm³/mol. The Kier molecular flexibility index (Phi) is 11.8. The van der Waals surface area contributed by atoms with Crippen molar-refractivity contribution in [1.82, 2.24) is 0 Å². The van der Waals surface area contributed by atoms with E-state index in [0.717, 1.165) is 52.7 Å². The largest absolute Gasteiger partial charge is 0.488 e. The summed E-state index contributed by atoms with van der Waals surface area (Å²) >= 11 is 6.64. The normalized spacial score (nSPS) is 12.3. The van der Waals surface area contributed by atoms with Crippen molar-refractivity contribution in [3.05, 3.63) is 254 Å². The molecule has 10 aromatic rings. The maximum atomic E-state index is 13.5. The highest BCUT2D eigenvalue weighted by molar-refractivity contribution is 9.10. The van der Waals surface area contributed by atoms with Gasteiger partial charge in [-0.25, -0.2) is 0 Å². The zero-order chi connectivity index (χ0) is 46.3. The molecule has 67 heavy (non-hydrogen) atoms. The minimum absolute atomic E-state index is 0.103. The first kappa shape index (κ1) is 43.5. The van der Waals surface area contributed by atoms with Crippen LogP contribution < -0.4 is 5.46 Å². The lowest BCUT2D eigenvalue weighted by molar-refractivity contribution is 0.0979. The van der Waals surface area contributed by atoms with Crippen LogP contribution in [-0.4, -0.2) is 40.3 Å². The molecule has 0 saturated carbocycles. The highest BCUT2D eigenvalue weighted by Crippen LogP contribution is 2.35. The van der Waals surface area contributed by atoms with E-state index >= 15 is 0 Å². The second kappa shape index (κ2) is 18.1. The summed E-state index contributed by atoms with van der Waals surface area (Å²) in [6, 6.07) is 63.6. The van der Waals surface area contributed by atoms with Crippen LogP contribution in [0.5, 0.6) is 0 Å². The smallest absolute Gasteiger partial charge is 0.423 e. The molecule has 0 amide bonds. The number of rotatable bonds is 3. The van der Waals surface area contributed by atoms with Crippen LogP contribution in [0, 0.1) is 0 Å². The van der Waals surface area contributed by atoms with Gasteiger partial charge in [-0.2, -0.15) is 0 Å². The van der Waals surface area contributed by atoms with Crippen molar-refractivity contribution >= 4 is 99.9 Å². The van der Waals surface area contributed by atoms with Crippen molar-refractivity contribution in [1.29, 1.82) is 0 Å². The monoisotopic (exact) mass is 996 g/mol. The Balaban J connectivity index is 0.000000140. The lowest BCUT2D eigenvalue weighted by Crippen LogP contribution is -2.29. The summed E-state index contributed by atoms with van der Waals surface area (Å²) in [5.74, 6) is -0.415. The van der Waals surface area contributed by atoms with Gasteiger partial charge in [0.2, 0.25) is 0 Å². The van der Waals surface area contributed by atoms with Crippen LogP contribution in [0.4, 0.5) is 0 Å². The lowest BCUT2D eigenvalue weighted by Gasteiger charge is -2.19. The second-order valence-electron chi connectivity index (χ2n) is 16.3. The highest BCUT2D eigenvalue weighted by Gasteiger charge is 2.31. The Morgan fingerprint density at radius 2 is 0.582 bits per heavy atom. The first-order valence-corrected chi connectivity index (χ1v) is 23.0. The Hall–Kier alpha value is -7.40. The summed E-state index contributed by atoms with van der Waals surface area (Å²) in [4.78, 5) is 51.7. The minimum atomic E-state index is -1.38. The van der Waals surface area contributed by atoms with Crippen LogP contribution in [0.15, 0.2) is 209 Å². The average molecular weight is 999 g/mol. The van der Waals surface area contributed by atoms with Gasteiger partial charge in [-0.15, -0.1) is 0 Å². The molecule has 0 saturated heterocycles. The van der Waals surface area contributed by atoms with Gasteiger partial charge in [0, 0.05) is 53.5 Å². The van der Waals surface area contributed by atoms with Crippen LogP contribution in [-0.2, 0) is 0 Å². The third-order valence-corrected chi connectivity index (χ3v) is 13.2. The van der Waals surface area contributed by atoms with Gasteiger partial charge in [0.1, 0.15) is 0 Å². The van der Waals surface area contributed by atoms with Crippen molar-refractivity contribution in [2.24, 2.45) is 0 Å². The molecular formula is C58H35BBr2O6. The third-order valence-electron chi connectivity index (χ3n) is 12.2. The lowest BCUT2D eigenvalue weighted by atomic mass is 9.79. The van der Waals surface area contributed by atoms with Gasteiger partial charge in [-0.1, -0.05) is 159 Å². The number of ketones is 4. The molecule has 0 fully saturated rings. The number of halogens is 2. The first-order valence-electron chi connectivity index (χ1n) is 21.4. The molecule has 0 unspecified atom stereocenters. The number of carbonyl (C=O) groups excluding carboxylic acids is 4. The Morgan fingerprint density at radius 1 is 0.284 bits per heavy atom. The summed E-state index contributed by atoms with van der Waals surface area (Å²) < 4.78 is 1.59. The molecule has 2 N–H and O–H groups in total. The second-order valence-corrected chi connectivity index (χ2v) is 18.2. The van der Waals surface area contributed by atoms with Crippen LogP contribution >= 0.6 is 31.9 Å². The van der Waals surface area contributed by atoms with Crippen LogP contribution in [0.3, 0.4) is 0 Å². The van der Waals surface area contributed by atoms with E-state index in [0.29, 0.717) is 50.0 Å². The molecule has 0 atom stereocenters. The minimum Gasteiger partial charge on any atom is -0.423 e. The van der Waals surface area contributed by atoms with Crippen molar-refractivity contribution in [2.75, 3.05) is 0 Å². The van der Waals surface area contributed by atoms with E-state index in [1.807, 2.05) is 78.9 Å². The topological polar surface area (TPSA) is 109 Å². The number of hydrogen-bond acceptors (Lipinski definition) is 6. The van der Waals surface area contributed by atoms with Gasteiger partial charge in [0.15, 0.2) is 23.1 Å². The van der Waals surface area contributed by atoms with E-state index in [2.05, 4.69) is 92.5 Å². The van der Waals surface area contributed by atoms with Crippen molar-refractivity contribution in [3.8, 4) is 22.3 Å². The standard InChI is InChI=1S/C34H20O2.C14H6Br2O2.C10H9BO2/c35-33-30-16-14-28(26-12-10-22-6-2-4-8-24(22)18-26)20-32(30)34(36)29-15-13-27(19-31(29)33)25-11-9-21-5-1-3-7-23(21)17-25;15-7-1-3-9-11(5-7)14(18)10-4-2-8(16)6-12(10)13(9)17;12-11(13)10-6-5-8-3-1-2-4-9(8)7-10/h1-20H;1-6H;1-7,12-13H. The molecule has 0 spiro atoms. The Bertz CT molecular complexity index is 3490. The van der Waals surface area contributed by atoms with Crippen molar-refractivity contribution in [3.63, 3.8) is 0 Å². The molecule has 0 bridgehead atoms. The zero-order valence-electron chi connectivity index (χ0n) is 35.4. The van der Waals surface area contributed by atoms with Crippen molar-refractivity contribution < 1.29 is 29.2 Å².